The van der Waals surface area contributed by atoms with E-state index >= 15 is 0 Å². The van der Waals surface area contributed by atoms with Crippen molar-refractivity contribution in [2.45, 2.75) is 83.5 Å². The highest BCUT2D eigenvalue weighted by Crippen LogP contribution is 2.21. The Kier molecular flexibility index (Phi) is 14.7. The maximum Gasteiger partial charge on any atom is 0.318 e. The van der Waals surface area contributed by atoms with E-state index in [0.29, 0.717) is 5.56 Å². The van der Waals surface area contributed by atoms with Gasteiger partial charge in [0, 0.05) is 31.4 Å². The molecule has 2 aromatic carbocycles. The number of nitrogens with zero attached hydrogens (tertiary/aromatic N) is 4. The fourth-order valence-electron chi connectivity index (χ4n) is 5.13. The molecule has 268 valence electrons. The van der Waals surface area contributed by atoms with Gasteiger partial charge in [-0.2, -0.15) is 4.31 Å². The molecule has 3 aromatic rings. The summed E-state index contributed by atoms with van der Waals surface area (Å²) in [5.74, 6) is -0.575. The van der Waals surface area contributed by atoms with Crippen molar-refractivity contribution in [1.82, 2.24) is 24.8 Å². The molecule has 0 aliphatic rings. The minimum absolute atomic E-state index is 0.0175. The van der Waals surface area contributed by atoms with Crippen molar-refractivity contribution >= 4 is 39.5 Å². The molecule has 0 spiro atoms. The normalized spacial score (nSPS) is 14.0. The Morgan fingerprint density at radius 1 is 0.980 bits per heavy atom. The highest BCUT2D eigenvalue weighted by atomic mass is 32.2. The first-order chi connectivity index (χ1) is 23.1. The molecule has 0 unspecified atom stereocenters. The van der Waals surface area contributed by atoms with Gasteiger partial charge in [-0.15, -0.1) is 11.3 Å². The van der Waals surface area contributed by atoms with E-state index in [-0.39, 0.29) is 48.7 Å². The van der Waals surface area contributed by atoms with Gasteiger partial charge in [-0.3, -0.25) is 4.79 Å². The molecule has 0 aliphatic heterocycles. The summed E-state index contributed by atoms with van der Waals surface area (Å²) in [6, 6.07) is 12.9. The van der Waals surface area contributed by atoms with Gasteiger partial charge >= 0.3 is 6.03 Å². The zero-order chi connectivity index (χ0) is 36.3. The molecule has 0 aliphatic carbocycles. The fourth-order valence-corrected chi connectivity index (χ4v) is 7.58. The lowest BCUT2D eigenvalue weighted by Gasteiger charge is -2.32. The maximum absolute atomic E-state index is 13.8. The number of aliphatic hydroxyl groups excluding tert-OH is 1. The molecule has 0 saturated carbocycles. The second-order valence-corrected chi connectivity index (χ2v) is 16.1. The number of aliphatic hydroxyl groups is 1. The zero-order valence-electron chi connectivity index (χ0n) is 29.3. The number of carbonyl (C=O) groups is 2. The Morgan fingerprint density at radius 2 is 1.63 bits per heavy atom. The number of hydrogen-bond donors (Lipinski definition) is 4. The van der Waals surface area contributed by atoms with E-state index in [0.717, 1.165) is 16.3 Å². The third-order valence-corrected chi connectivity index (χ3v) is 10.9. The highest BCUT2D eigenvalue weighted by molar-refractivity contribution is 7.89. The minimum atomic E-state index is -4.06. The van der Waals surface area contributed by atoms with Crippen molar-refractivity contribution in [2.24, 2.45) is 17.0 Å². The molecule has 1 heterocycles. The van der Waals surface area contributed by atoms with Crippen LogP contribution in [0.5, 0.6) is 0 Å². The molecule has 14 heteroatoms. The van der Waals surface area contributed by atoms with E-state index in [9.17, 15) is 23.1 Å². The second-order valence-electron chi connectivity index (χ2n) is 13.3. The van der Waals surface area contributed by atoms with Gasteiger partial charge in [0.05, 0.1) is 40.5 Å². The molecule has 49 heavy (non-hydrogen) atoms. The number of urea groups is 1. The number of thiazole rings is 1. The molecule has 1 aromatic heterocycles. The Labute approximate surface area is 294 Å². The van der Waals surface area contributed by atoms with Crippen LogP contribution in [0.1, 0.15) is 69.3 Å². The quantitative estimate of drug-likeness (QED) is 0.0896. The van der Waals surface area contributed by atoms with E-state index in [1.54, 1.807) is 18.4 Å². The molecular weight excluding hydrogens is 665 g/mol. The number of benzene rings is 2. The van der Waals surface area contributed by atoms with Crippen LogP contribution in [0.4, 0.5) is 4.79 Å². The summed E-state index contributed by atoms with van der Waals surface area (Å²) in [5, 5.41) is 32.1. The van der Waals surface area contributed by atoms with E-state index < -0.39 is 40.1 Å². The van der Waals surface area contributed by atoms with Gasteiger partial charge in [0.1, 0.15) is 6.04 Å². The molecule has 3 rings (SSSR count). The van der Waals surface area contributed by atoms with E-state index in [2.05, 4.69) is 34.6 Å². The Hall–Kier alpha value is -3.85. The lowest BCUT2D eigenvalue weighted by Crippen LogP contribution is -2.58. The van der Waals surface area contributed by atoms with E-state index in [1.165, 1.54) is 39.7 Å². The van der Waals surface area contributed by atoms with E-state index in [4.69, 9.17) is 5.21 Å². The molecule has 12 nitrogen and oxygen atoms in total. The third kappa shape index (κ3) is 11.6. The summed E-state index contributed by atoms with van der Waals surface area (Å²) in [6.45, 7) is 11.6. The Balaban J connectivity index is 1.83. The van der Waals surface area contributed by atoms with Gasteiger partial charge in [-0.05, 0) is 41.5 Å². The number of rotatable bonds is 17. The van der Waals surface area contributed by atoms with Crippen LogP contribution in [-0.2, 0) is 27.8 Å². The van der Waals surface area contributed by atoms with Crippen molar-refractivity contribution in [3.8, 4) is 0 Å². The molecular formula is C35H50N6O6S2. The zero-order valence-corrected chi connectivity index (χ0v) is 30.9. The number of carbonyl (C=O) groups excluding carboxylic acids is 2. The summed E-state index contributed by atoms with van der Waals surface area (Å²) >= 11 is 1.54. The summed E-state index contributed by atoms with van der Waals surface area (Å²) in [6.07, 6.45) is 0.112. The van der Waals surface area contributed by atoms with Gasteiger partial charge in [-0.25, -0.2) is 18.2 Å². The summed E-state index contributed by atoms with van der Waals surface area (Å²) < 4.78 is 28.8. The lowest BCUT2D eigenvalue weighted by atomic mass is 9.98. The standard InChI is InChI=1S/C35H50N6O6S2/c1-23(2)19-41(49(46,47)29-15-13-27(14-16-29)18-36-45)21-31(42)30(17-26-11-9-8-10-12-26)38-33(43)32(24(3)4)39-35(44)40(7)20-28-22-48-34(37-28)25(5)6/h8-16,18,22-25,30-32,42,45H,17,19-21H2,1-7H3,(H,38,43)(H,39,44)/t30-,31+,32-/m0/s1. The van der Waals surface area contributed by atoms with Crippen LogP contribution in [0.2, 0.25) is 0 Å². The van der Waals surface area contributed by atoms with Crippen molar-refractivity contribution in [1.29, 1.82) is 0 Å². The highest BCUT2D eigenvalue weighted by Gasteiger charge is 2.34. The Bertz CT molecular complexity index is 1630. The van der Waals surface area contributed by atoms with Crippen molar-refractivity contribution in [2.75, 3.05) is 20.1 Å². The molecule has 0 saturated heterocycles. The average molecular weight is 715 g/mol. The maximum atomic E-state index is 13.8. The van der Waals surface area contributed by atoms with Gasteiger partial charge in [0.15, 0.2) is 0 Å². The number of amides is 3. The van der Waals surface area contributed by atoms with Gasteiger partial charge in [0.25, 0.3) is 0 Å². The topological polar surface area (TPSA) is 165 Å². The first-order valence-corrected chi connectivity index (χ1v) is 18.7. The number of hydrogen-bond acceptors (Lipinski definition) is 9. The number of nitrogens with one attached hydrogen (secondary N) is 2. The minimum Gasteiger partial charge on any atom is -0.411 e. The number of oxime groups is 1. The first-order valence-electron chi connectivity index (χ1n) is 16.4. The van der Waals surface area contributed by atoms with Crippen LogP contribution in [0.15, 0.2) is 70.0 Å². The monoisotopic (exact) mass is 714 g/mol. The van der Waals surface area contributed by atoms with Crippen molar-refractivity contribution in [3.05, 3.63) is 81.8 Å². The first kappa shape index (κ1) is 39.6. The molecule has 3 atom stereocenters. The number of sulfonamides is 1. The van der Waals surface area contributed by atoms with Crippen LogP contribution in [-0.4, -0.2) is 89.4 Å². The Morgan fingerprint density at radius 3 is 2.18 bits per heavy atom. The lowest BCUT2D eigenvalue weighted by molar-refractivity contribution is -0.125. The van der Waals surface area contributed by atoms with Crippen molar-refractivity contribution < 1.29 is 28.3 Å². The van der Waals surface area contributed by atoms with Crippen LogP contribution in [0.3, 0.4) is 0 Å². The molecule has 0 radical (unpaired) electrons. The van der Waals surface area contributed by atoms with E-state index in [1.807, 2.05) is 63.4 Å². The largest absolute Gasteiger partial charge is 0.411 e. The van der Waals surface area contributed by atoms with Crippen LogP contribution >= 0.6 is 11.3 Å². The predicted molar refractivity (Wildman–Crippen MR) is 192 cm³/mol. The van der Waals surface area contributed by atoms with Crippen LogP contribution in [0.25, 0.3) is 0 Å². The fraction of sp³-hybridized carbons (Fsp3) is 0.486. The smallest absolute Gasteiger partial charge is 0.318 e. The second kappa shape index (κ2) is 18.2. The number of aromatic nitrogens is 1. The van der Waals surface area contributed by atoms with Crippen LogP contribution in [0, 0.1) is 11.8 Å². The molecule has 0 fully saturated rings. The third-order valence-electron chi connectivity index (χ3n) is 7.81. The van der Waals surface area contributed by atoms with Gasteiger partial charge in [0.2, 0.25) is 15.9 Å². The molecule has 4 N–H and O–H groups in total. The molecule has 0 bridgehead atoms. The van der Waals surface area contributed by atoms with Gasteiger partial charge < -0.3 is 25.8 Å². The SMILES string of the molecule is CC(C)CN(C[C@@H](O)[C@H](Cc1ccccc1)NC(=O)[C@@H](NC(=O)N(C)Cc1csc(C(C)C)n1)C(C)C)S(=O)(=O)c1ccc(C=NO)cc1. The summed E-state index contributed by atoms with van der Waals surface area (Å²) in [5.41, 5.74) is 2.11. The predicted octanol–water partition coefficient (Wildman–Crippen LogP) is 4.68. The van der Waals surface area contributed by atoms with Crippen LogP contribution < -0.4 is 10.6 Å². The average Bonchev–Trinajstić information content (AvgIpc) is 3.52. The summed E-state index contributed by atoms with van der Waals surface area (Å²) in [7, 11) is -2.42. The molecule has 3 amide bonds. The van der Waals surface area contributed by atoms with Crippen molar-refractivity contribution in [3.63, 3.8) is 0 Å². The summed E-state index contributed by atoms with van der Waals surface area (Å²) in [4.78, 5) is 33.1. The van der Waals surface area contributed by atoms with Gasteiger partial charge in [-0.1, -0.05) is 89.2 Å².